The number of fused-ring (bicyclic) bond motifs is 2. The number of likely N-dealkylation sites (tertiary alicyclic amines) is 1. The number of amides is 1. The number of benzene rings is 2. The minimum absolute atomic E-state index is 0.0690. The van der Waals surface area contributed by atoms with Crippen LogP contribution in [0.4, 0.5) is 17.6 Å². The lowest BCUT2D eigenvalue weighted by atomic mass is 9.82. The predicted octanol–water partition coefficient (Wildman–Crippen LogP) is 4.45. The van der Waals surface area contributed by atoms with Crippen LogP contribution in [0.25, 0.3) is 0 Å². The van der Waals surface area contributed by atoms with Gasteiger partial charge in [0.1, 0.15) is 5.60 Å². The third-order valence-electron chi connectivity index (χ3n) is 7.29. The summed E-state index contributed by atoms with van der Waals surface area (Å²) in [5.41, 5.74) is -5.20. The first kappa shape index (κ1) is 24.4. The lowest BCUT2D eigenvalue weighted by Crippen LogP contribution is -2.63. The fourth-order valence-corrected chi connectivity index (χ4v) is 5.49. The molecule has 1 spiro atoms. The molecule has 4 aliphatic rings. The van der Waals surface area contributed by atoms with E-state index in [0.29, 0.717) is 18.4 Å². The van der Waals surface area contributed by atoms with Crippen molar-refractivity contribution in [2.75, 3.05) is 13.1 Å². The van der Waals surface area contributed by atoms with E-state index in [0.717, 1.165) is 12.1 Å². The van der Waals surface area contributed by atoms with Gasteiger partial charge in [0.05, 0.1) is 34.4 Å². The highest BCUT2D eigenvalue weighted by Gasteiger charge is 2.63. The van der Waals surface area contributed by atoms with Crippen LogP contribution in [0.1, 0.15) is 46.3 Å². The summed E-state index contributed by atoms with van der Waals surface area (Å²) in [5.74, 6) is -2.16. The van der Waals surface area contributed by atoms with Gasteiger partial charge in [-0.1, -0.05) is 40.5 Å². The van der Waals surface area contributed by atoms with Crippen LogP contribution in [0.3, 0.4) is 0 Å². The largest absolute Gasteiger partial charge is 0.447 e. The summed E-state index contributed by atoms with van der Waals surface area (Å²) >= 11 is 11.5. The molecule has 37 heavy (non-hydrogen) atoms. The Hall–Kier alpha value is -2.89. The maximum Gasteiger partial charge on any atom is 0.435 e. The van der Waals surface area contributed by atoms with Crippen LogP contribution in [-0.4, -0.2) is 52.5 Å². The van der Waals surface area contributed by atoms with Crippen molar-refractivity contribution in [1.82, 2.24) is 4.90 Å². The molecular weight excluding hydrogens is 543 g/mol. The first-order chi connectivity index (χ1) is 17.3. The zero-order valence-corrected chi connectivity index (χ0v) is 20.2. The number of carbonyl (C=O) groups is 2. The first-order valence-corrected chi connectivity index (χ1v) is 11.9. The molecule has 3 heterocycles. The van der Waals surface area contributed by atoms with E-state index in [1.165, 1.54) is 17.0 Å². The Kier molecular flexibility index (Phi) is 5.01. The highest BCUT2D eigenvalue weighted by molar-refractivity contribution is 6.35. The molecule has 13 heteroatoms. The maximum atomic E-state index is 14.3. The molecule has 2 aromatic carbocycles. The summed E-state index contributed by atoms with van der Waals surface area (Å²) in [4.78, 5) is 31.4. The van der Waals surface area contributed by atoms with E-state index < -0.39 is 62.7 Å². The molecule has 194 valence electrons. The summed E-state index contributed by atoms with van der Waals surface area (Å²) in [6.45, 7) is 0.138. The minimum Gasteiger partial charge on any atom is -0.447 e. The Morgan fingerprint density at radius 1 is 1.11 bits per heavy atom. The van der Waals surface area contributed by atoms with Crippen molar-refractivity contribution in [3.8, 4) is 0 Å². The zero-order chi connectivity index (χ0) is 26.5. The van der Waals surface area contributed by atoms with Gasteiger partial charge in [0, 0.05) is 23.1 Å². The van der Waals surface area contributed by atoms with Gasteiger partial charge in [-0.2, -0.15) is 13.2 Å². The quantitative estimate of drug-likeness (QED) is 0.341. The Morgan fingerprint density at radius 3 is 2.35 bits per heavy atom. The van der Waals surface area contributed by atoms with E-state index in [2.05, 4.69) is 5.16 Å². The molecule has 1 saturated heterocycles. The van der Waals surface area contributed by atoms with E-state index in [1.807, 2.05) is 0 Å². The molecule has 6 rings (SSSR count). The molecule has 3 aliphatic heterocycles. The highest BCUT2D eigenvalue weighted by Crippen LogP contribution is 2.51. The number of aliphatic hydroxyl groups is 1. The molecule has 1 atom stereocenters. The second-order valence-corrected chi connectivity index (χ2v) is 10.5. The number of nitrogens with zero attached hydrogens (tertiary/aromatic N) is 2. The van der Waals surface area contributed by atoms with Gasteiger partial charge in [0.15, 0.2) is 11.4 Å². The van der Waals surface area contributed by atoms with E-state index in [1.54, 1.807) is 6.07 Å². The van der Waals surface area contributed by atoms with Crippen molar-refractivity contribution in [2.45, 2.75) is 42.2 Å². The maximum absolute atomic E-state index is 14.3. The zero-order valence-electron chi connectivity index (χ0n) is 18.7. The van der Waals surface area contributed by atoms with Crippen molar-refractivity contribution in [1.29, 1.82) is 0 Å². The Balaban J connectivity index is 1.28. The number of carbonyl (C=O) groups excluding carboxylic acids is 2. The number of oxime groups is 1. The van der Waals surface area contributed by atoms with Crippen LogP contribution >= 0.6 is 23.2 Å². The fourth-order valence-electron chi connectivity index (χ4n) is 5.00. The van der Waals surface area contributed by atoms with Crippen molar-refractivity contribution in [2.24, 2.45) is 5.16 Å². The molecule has 0 aromatic heterocycles. The average molecular weight is 559 g/mol. The van der Waals surface area contributed by atoms with Crippen LogP contribution in [0, 0.1) is 5.82 Å². The summed E-state index contributed by atoms with van der Waals surface area (Å²) in [7, 11) is 0. The molecular formula is C24H16Cl2F4N2O5. The van der Waals surface area contributed by atoms with Crippen LogP contribution in [0.2, 0.25) is 10.0 Å². The van der Waals surface area contributed by atoms with Gasteiger partial charge < -0.3 is 19.6 Å². The van der Waals surface area contributed by atoms with E-state index >= 15 is 0 Å². The first-order valence-electron chi connectivity index (χ1n) is 11.2. The molecule has 0 radical (unpaired) electrons. The standard InChI is InChI=1S/C24H16Cl2F4N2O5/c25-15-6-12(7-16(26)18(15)27)23(24(28,29)30)8-17(31-37-23)11-1-2-14-13(5-11)19(33)36-22(14)9-32(10-22)20(34)21(35)3-4-21/h1-2,5-7,35H,3-4,8-10H2. The molecule has 1 N–H and O–H groups in total. The number of hydrogen-bond acceptors (Lipinski definition) is 6. The highest BCUT2D eigenvalue weighted by atomic mass is 35.5. The van der Waals surface area contributed by atoms with Crippen LogP contribution in [0.15, 0.2) is 35.5 Å². The van der Waals surface area contributed by atoms with Crippen LogP contribution in [-0.2, 0) is 25.6 Å². The molecule has 1 unspecified atom stereocenters. The number of rotatable bonds is 3. The van der Waals surface area contributed by atoms with Crippen molar-refractivity contribution >= 4 is 40.8 Å². The molecule has 1 saturated carbocycles. The number of halogens is 6. The SMILES string of the molecule is O=C1OC2(CN(C(=O)C3(O)CC3)C2)c2ccc(C3=NOC(c4cc(Cl)c(F)c(Cl)c4)(C(F)(F)F)C3)cc21. The summed E-state index contributed by atoms with van der Waals surface area (Å²) < 4.78 is 62.3. The van der Waals surface area contributed by atoms with Gasteiger partial charge in [-0.3, -0.25) is 4.79 Å². The summed E-state index contributed by atoms with van der Waals surface area (Å²) in [6, 6.07) is 5.98. The Bertz CT molecular complexity index is 1400. The van der Waals surface area contributed by atoms with Crippen molar-refractivity contribution < 1.29 is 41.8 Å². The smallest absolute Gasteiger partial charge is 0.435 e. The van der Waals surface area contributed by atoms with Gasteiger partial charge in [-0.25, -0.2) is 9.18 Å². The molecule has 7 nitrogen and oxygen atoms in total. The van der Waals surface area contributed by atoms with E-state index in [9.17, 15) is 32.3 Å². The van der Waals surface area contributed by atoms with Crippen molar-refractivity contribution in [3.05, 3.63) is 68.4 Å². The summed E-state index contributed by atoms with van der Waals surface area (Å²) in [5, 5.41) is 12.5. The third kappa shape index (κ3) is 3.47. The van der Waals surface area contributed by atoms with Crippen LogP contribution < -0.4 is 0 Å². The van der Waals surface area contributed by atoms with E-state index in [-0.39, 0.29) is 29.9 Å². The average Bonchev–Trinajstić information content (AvgIpc) is 3.27. The number of hydrogen-bond donors (Lipinski definition) is 1. The Labute approximate surface area is 216 Å². The third-order valence-corrected chi connectivity index (χ3v) is 7.84. The second kappa shape index (κ2) is 7.58. The lowest BCUT2D eigenvalue weighted by molar-refractivity contribution is -0.275. The molecule has 1 amide bonds. The number of ether oxygens (including phenoxy) is 1. The monoisotopic (exact) mass is 558 g/mol. The van der Waals surface area contributed by atoms with Crippen LogP contribution in [0.5, 0.6) is 0 Å². The summed E-state index contributed by atoms with van der Waals surface area (Å²) in [6.07, 6.45) is -4.99. The number of alkyl halides is 3. The molecule has 2 aromatic rings. The predicted molar refractivity (Wildman–Crippen MR) is 121 cm³/mol. The molecule has 0 bridgehead atoms. The van der Waals surface area contributed by atoms with E-state index in [4.69, 9.17) is 32.8 Å². The van der Waals surface area contributed by atoms with Gasteiger partial charge in [-0.05, 0) is 31.0 Å². The topological polar surface area (TPSA) is 88.4 Å². The second-order valence-electron chi connectivity index (χ2n) is 9.72. The van der Waals surface area contributed by atoms with Gasteiger partial charge in [0.2, 0.25) is 0 Å². The van der Waals surface area contributed by atoms with Gasteiger partial charge in [-0.15, -0.1) is 0 Å². The van der Waals surface area contributed by atoms with Gasteiger partial charge >= 0.3 is 12.1 Å². The van der Waals surface area contributed by atoms with Gasteiger partial charge in [0.25, 0.3) is 11.5 Å². The fraction of sp³-hybridized carbons (Fsp3) is 0.375. The molecule has 2 fully saturated rings. The van der Waals surface area contributed by atoms with Crippen molar-refractivity contribution in [3.63, 3.8) is 0 Å². The normalized spacial score (nSPS) is 24.8. The molecule has 1 aliphatic carbocycles. The Morgan fingerprint density at radius 2 is 1.76 bits per heavy atom. The number of esters is 1. The minimum atomic E-state index is -4.98. The lowest BCUT2D eigenvalue weighted by Gasteiger charge is -2.47.